The fraction of sp³-hybridized carbons (Fsp3) is 0.293. The van der Waals surface area contributed by atoms with Crippen molar-refractivity contribution < 1.29 is 38.1 Å². The lowest BCUT2D eigenvalue weighted by Gasteiger charge is -2.19. The highest BCUT2D eigenvalue weighted by atomic mass is 16.6. The van der Waals surface area contributed by atoms with Crippen LogP contribution in [0.4, 0.5) is 9.59 Å². The number of imidazole rings is 1. The summed E-state index contributed by atoms with van der Waals surface area (Å²) in [6, 6.07) is 21.8. The number of hydrogen-bond acceptors (Lipinski definition) is 9. The van der Waals surface area contributed by atoms with E-state index in [0.29, 0.717) is 40.8 Å². The number of carbonyl (C=O) groups is 4. The third-order valence-electron chi connectivity index (χ3n) is 8.12. The van der Waals surface area contributed by atoms with E-state index < -0.39 is 35.0 Å². The molecule has 12 nitrogen and oxygen atoms in total. The average Bonchev–Trinajstić information content (AvgIpc) is 3.82. The Balaban J connectivity index is 1.41. The molecule has 0 aliphatic carbocycles. The van der Waals surface area contributed by atoms with Crippen LogP contribution in [-0.2, 0) is 27.5 Å². The molecule has 0 saturated carbocycles. The maximum atomic E-state index is 14.5. The summed E-state index contributed by atoms with van der Waals surface area (Å²) in [6.45, 7) is 12.8. The third-order valence-corrected chi connectivity index (χ3v) is 8.12. The van der Waals surface area contributed by atoms with Crippen molar-refractivity contribution in [2.24, 2.45) is 0 Å². The minimum Gasteiger partial charge on any atom is -0.489 e. The molecule has 3 heterocycles. The van der Waals surface area contributed by atoms with Gasteiger partial charge in [-0.05, 0) is 72.2 Å². The summed E-state index contributed by atoms with van der Waals surface area (Å²) >= 11 is 0. The van der Waals surface area contributed by atoms with Crippen LogP contribution in [0.15, 0.2) is 91.4 Å². The predicted molar refractivity (Wildman–Crippen MR) is 199 cm³/mol. The summed E-state index contributed by atoms with van der Waals surface area (Å²) in [5, 5.41) is 0.971. The molecular weight excluding hydrogens is 676 g/mol. The van der Waals surface area contributed by atoms with Crippen molar-refractivity contribution in [1.29, 1.82) is 0 Å². The molecule has 6 rings (SSSR count). The molecule has 0 aliphatic heterocycles. The van der Waals surface area contributed by atoms with Gasteiger partial charge in [-0.25, -0.2) is 14.6 Å². The van der Waals surface area contributed by atoms with Crippen molar-refractivity contribution in [1.82, 2.24) is 18.7 Å². The van der Waals surface area contributed by atoms with E-state index in [0.717, 1.165) is 5.56 Å². The number of hydrogen-bond donors (Lipinski definition) is 0. The number of nitrogens with zero attached hydrogens (tertiary/aromatic N) is 4. The number of rotatable bonds is 10. The Kier molecular flexibility index (Phi) is 10.1. The summed E-state index contributed by atoms with van der Waals surface area (Å²) in [7, 11) is 0. The number of benzene rings is 3. The Morgan fingerprint density at radius 3 is 1.92 bits per heavy atom. The Labute approximate surface area is 306 Å². The predicted octanol–water partition coefficient (Wildman–Crippen LogP) is 8.39. The molecule has 0 N–H and O–H groups in total. The van der Waals surface area contributed by atoms with E-state index in [1.165, 1.54) is 32.3 Å². The monoisotopic (exact) mass is 718 g/mol. The summed E-state index contributed by atoms with van der Waals surface area (Å²) < 4.78 is 27.0. The van der Waals surface area contributed by atoms with Gasteiger partial charge in [0.1, 0.15) is 36.0 Å². The van der Waals surface area contributed by atoms with Gasteiger partial charge >= 0.3 is 12.2 Å². The zero-order chi connectivity index (χ0) is 38.1. The molecular formula is C41H42N4O8. The Morgan fingerprint density at radius 2 is 1.28 bits per heavy atom. The van der Waals surface area contributed by atoms with Crippen LogP contribution in [0.25, 0.3) is 21.8 Å². The van der Waals surface area contributed by atoms with Crippen LogP contribution >= 0.6 is 0 Å². The smallest absolute Gasteiger partial charge is 0.419 e. The van der Waals surface area contributed by atoms with Gasteiger partial charge in [-0.3, -0.25) is 23.3 Å². The second-order valence-electron chi connectivity index (χ2n) is 14.4. The van der Waals surface area contributed by atoms with Gasteiger partial charge in [-0.1, -0.05) is 48.5 Å². The van der Waals surface area contributed by atoms with Gasteiger partial charge in [-0.15, -0.1) is 0 Å². The molecule has 3 aromatic heterocycles. The highest BCUT2D eigenvalue weighted by molar-refractivity contribution is 6.19. The standard InChI is InChI=1S/C41H42N4O8/c1-8-50-25-45-34(35(46)30-22-43(38(48)52-40(2,3)4)32-17-13-12-16-28(30)32)21-42-37(45)36(47)31-23-44(39(49)53-41(5,6)7)33-20-27(18-19-29(31)33)51-24-26-14-10-9-11-15-26/h9-23H,8,24-25H2,1-7H3. The van der Waals surface area contributed by atoms with E-state index in [2.05, 4.69) is 4.98 Å². The zero-order valence-electron chi connectivity index (χ0n) is 30.8. The molecule has 6 aromatic rings. The lowest BCUT2D eigenvalue weighted by Crippen LogP contribution is -2.26. The number of fused-ring (bicyclic) bond motifs is 2. The van der Waals surface area contributed by atoms with Gasteiger partial charge in [0.05, 0.1) is 28.4 Å². The lowest BCUT2D eigenvalue weighted by molar-refractivity contribution is 0.0532. The molecule has 3 aromatic carbocycles. The van der Waals surface area contributed by atoms with E-state index in [1.54, 1.807) is 90.9 Å². The molecule has 0 spiro atoms. The fourth-order valence-electron chi connectivity index (χ4n) is 5.81. The lowest BCUT2D eigenvalue weighted by atomic mass is 10.1. The minimum atomic E-state index is -0.811. The highest BCUT2D eigenvalue weighted by Gasteiger charge is 2.30. The summed E-state index contributed by atoms with van der Waals surface area (Å²) in [5.41, 5.74) is 0.711. The summed E-state index contributed by atoms with van der Waals surface area (Å²) in [5.74, 6) is -0.624. The average molecular weight is 719 g/mol. The maximum absolute atomic E-state index is 14.5. The van der Waals surface area contributed by atoms with Crippen molar-refractivity contribution in [2.45, 2.75) is 73.0 Å². The molecule has 0 saturated heterocycles. The van der Waals surface area contributed by atoms with Crippen molar-refractivity contribution in [3.8, 4) is 5.75 Å². The van der Waals surface area contributed by atoms with Crippen LogP contribution < -0.4 is 4.74 Å². The van der Waals surface area contributed by atoms with Crippen LogP contribution in [0.2, 0.25) is 0 Å². The Morgan fingerprint density at radius 1 is 0.698 bits per heavy atom. The van der Waals surface area contributed by atoms with Crippen molar-refractivity contribution >= 4 is 45.6 Å². The molecule has 12 heteroatoms. The van der Waals surface area contributed by atoms with Gasteiger partial charge < -0.3 is 18.9 Å². The van der Waals surface area contributed by atoms with Gasteiger partial charge in [0, 0.05) is 35.8 Å². The van der Waals surface area contributed by atoms with E-state index in [1.807, 2.05) is 30.3 Å². The molecule has 53 heavy (non-hydrogen) atoms. The zero-order valence-corrected chi connectivity index (χ0v) is 30.8. The second kappa shape index (κ2) is 14.5. The molecule has 0 aliphatic rings. The molecule has 0 radical (unpaired) electrons. The van der Waals surface area contributed by atoms with Crippen molar-refractivity contribution in [3.63, 3.8) is 0 Å². The summed E-state index contributed by atoms with van der Waals surface area (Å²) in [4.78, 5) is 59.9. The fourth-order valence-corrected chi connectivity index (χ4v) is 5.81. The quantitative estimate of drug-likeness (QED) is 0.128. The second-order valence-corrected chi connectivity index (χ2v) is 14.4. The molecule has 0 amide bonds. The molecule has 0 fully saturated rings. The topological polar surface area (TPSA) is 133 Å². The highest BCUT2D eigenvalue weighted by Crippen LogP contribution is 2.31. The van der Waals surface area contributed by atoms with Crippen LogP contribution in [0.5, 0.6) is 5.75 Å². The number of ketones is 2. The molecule has 274 valence electrons. The van der Waals surface area contributed by atoms with Gasteiger partial charge in [0.2, 0.25) is 11.6 Å². The number of carbonyl (C=O) groups excluding carboxylic acids is 4. The largest absolute Gasteiger partial charge is 0.489 e. The first-order chi connectivity index (χ1) is 25.1. The molecule has 0 bridgehead atoms. The van der Waals surface area contributed by atoms with E-state index in [4.69, 9.17) is 18.9 Å². The van der Waals surface area contributed by atoms with Crippen LogP contribution in [0.3, 0.4) is 0 Å². The normalized spacial score (nSPS) is 11.9. The Bertz CT molecular complexity index is 2330. The number of para-hydroxylation sites is 1. The van der Waals surface area contributed by atoms with E-state index in [9.17, 15) is 19.2 Å². The van der Waals surface area contributed by atoms with Gasteiger partial charge in [0.25, 0.3) is 0 Å². The number of aromatic nitrogens is 4. The van der Waals surface area contributed by atoms with Crippen molar-refractivity contribution in [2.75, 3.05) is 6.61 Å². The van der Waals surface area contributed by atoms with Gasteiger partial charge in [0.15, 0.2) is 5.82 Å². The minimum absolute atomic E-state index is 0.0707. The van der Waals surface area contributed by atoms with Crippen molar-refractivity contribution in [3.05, 3.63) is 120 Å². The van der Waals surface area contributed by atoms with Crippen LogP contribution in [0.1, 0.15) is 86.3 Å². The first-order valence-corrected chi connectivity index (χ1v) is 17.3. The SMILES string of the molecule is CCOCn1c(C(=O)c2cn(C(=O)OC(C)(C)C)c3ccccc23)cnc1C(=O)c1cn(C(=O)OC(C)(C)C)c2cc(OCc3ccccc3)ccc12. The Hall–Kier alpha value is -6.01. The van der Waals surface area contributed by atoms with Crippen LogP contribution in [0, 0.1) is 0 Å². The van der Waals surface area contributed by atoms with Gasteiger partial charge in [-0.2, -0.15) is 0 Å². The third kappa shape index (κ3) is 7.92. The van der Waals surface area contributed by atoms with Crippen LogP contribution in [-0.4, -0.2) is 60.2 Å². The van der Waals surface area contributed by atoms with E-state index in [-0.39, 0.29) is 29.4 Å². The first-order valence-electron chi connectivity index (χ1n) is 17.3. The summed E-state index contributed by atoms with van der Waals surface area (Å²) in [6.07, 6.45) is 2.85. The molecule has 0 unspecified atom stereocenters. The number of ether oxygens (including phenoxy) is 4. The molecule has 0 atom stereocenters. The first kappa shape index (κ1) is 36.8. The van der Waals surface area contributed by atoms with E-state index >= 15 is 0 Å². The maximum Gasteiger partial charge on any atom is 0.419 e.